The highest BCUT2D eigenvalue weighted by molar-refractivity contribution is 5.90. The lowest BCUT2D eigenvalue weighted by molar-refractivity contribution is -0.385. The molecule has 0 amide bonds. The maximum atomic E-state index is 10.8. The zero-order valence-corrected chi connectivity index (χ0v) is 11.2. The average molecular weight is 295 g/mol. The Morgan fingerprint density at radius 3 is 2.18 bits per heavy atom. The number of nitro groups is 2. The summed E-state index contributed by atoms with van der Waals surface area (Å²) in [6, 6.07) is 13.4. The van der Waals surface area contributed by atoms with E-state index in [9.17, 15) is 25.5 Å². The zero-order chi connectivity index (χ0) is 16.1. The summed E-state index contributed by atoms with van der Waals surface area (Å²) in [4.78, 5) is 20.3. The Kier molecular flexibility index (Phi) is 4.24. The topological polar surface area (TPSA) is 110 Å². The van der Waals surface area contributed by atoms with Gasteiger partial charge in [0, 0.05) is 24.3 Å². The lowest BCUT2D eigenvalue weighted by Gasteiger charge is -2.00. The zero-order valence-electron chi connectivity index (χ0n) is 11.2. The number of non-ortho nitro benzene ring substituents is 2. The van der Waals surface area contributed by atoms with Crippen LogP contribution in [0, 0.1) is 31.6 Å². The fraction of sp³-hybridized carbons (Fsp3) is 0. The van der Waals surface area contributed by atoms with Crippen molar-refractivity contribution in [1.29, 1.82) is 5.26 Å². The van der Waals surface area contributed by atoms with Crippen LogP contribution in [0.3, 0.4) is 0 Å². The molecule has 7 heteroatoms. The van der Waals surface area contributed by atoms with E-state index in [0.29, 0.717) is 11.1 Å². The van der Waals surface area contributed by atoms with E-state index in [-0.39, 0.29) is 16.9 Å². The van der Waals surface area contributed by atoms with Gasteiger partial charge in [-0.3, -0.25) is 20.2 Å². The monoisotopic (exact) mass is 295 g/mol. The predicted molar refractivity (Wildman–Crippen MR) is 79.7 cm³/mol. The molecule has 0 saturated heterocycles. The standard InChI is InChI=1S/C15H9N3O4/c16-10-13(12-2-1-3-15(9-12)18(21)22)8-11-4-6-14(7-5-11)17(19)20/h1-9H/b13-8-. The molecule has 22 heavy (non-hydrogen) atoms. The molecule has 0 bridgehead atoms. The summed E-state index contributed by atoms with van der Waals surface area (Å²) in [6.45, 7) is 0. The van der Waals surface area contributed by atoms with E-state index in [0.717, 1.165) is 0 Å². The largest absolute Gasteiger partial charge is 0.270 e. The van der Waals surface area contributed by atoms with Crippen LogP contribution in [-0.4, -0.2) is 9.85 Å². The Bertz CT molecular complexity index is 804. The molecule has 0 aromatic heterocycles. The second kappa shape index (κ2) is 6.28. The van der Waals surface area contributed by atoms with Gasteiger partial charge >= 0.3 is 0 Å². The summed E-state index contributed by atoms with van der Waals surface area (Å²) < 4.78 is 0. The number of nitrogens with zero attached hydrogens (tertiary/aromatic N) is 3. The number of allylic oxidation sites excluding steroid dienone is 1. The maximum absolute atomic E-state index is 10.8. The first-order valence-corrected chi connectivity index (χ1v) is 6.12. The molecule has 0 unspecified atom stereocenters. The average Bonchev–Trinajstić information content (AvgIpc) is 2.53. The Morgan fingerprint density at radius 2 is 1.64 bits per heavy atom. The van der Waals surface area contributed by atoms with Crippen molar-refractivity contribution in [3.63, 3.8) is 0 Å². The van der Waals surface area contributed by atoms with Crippen LogP contribution >= 0.6 is 0 Å². The van der Waals surface area contributed by atoms with Gasteiger partial charge in [0.2, 0.25) is 0 Å². The number of benzene rings is 2. The van der Waals surface area contributed by atoms with Crippen molar-refractivity contribution in [1.82, 2.24) is 0 Å². The fourth-order valence-corrected chi connectivity index (χ4v) is 1.83. The molecule has 7 nitrogen and oxygen atoms in total. The summed E-state index contributed by atoms with van der Waals surface area (Å²) >= 11 is 0. The molecule has 0 fully saturated rings. The first-order chi connectivity index (χ1) is 10.5. The van der Waals surface area contributed by atoms with E-state index < -0.39 is 9.85 Å². The van der Waals surface area contributed by atoms with E-state index in [1.807, 2.05) is 6.07 Å². The molecule has 2 aromatic rings. The van der Waals surface area contributed by atoms with Gasteiger partial charge in [0.05, 0.1) is 21.5 Å². The van der Waals surface area contributed by atoms with Gasteiger partial charge < -0.3 is 0 Å². The van der Waals surface area contributed by atoms with Gasteiger partial charge in [0.15, 0.2) is 0 Å². The third-order valence-electron chi connectivity index (χ3n) is 2.90. The highest BCUT2D eigenvalue weighted by Crippen LogP contribution is 2.22. The number of rotatable bonds is 4. The van der Waals surface area contributed by atoms with Crippen molar-refractivity contribution < 1.29 is 9.85 Å². The highest BCUT2D eigenvalue weighted by atomic mass is 16.6. The van der Waals surface area contributed by atoms with Gasteiger partial charge in [0.25, 0.3) is 11.4 Å². The summed E-state index contributed by atoms with van der Waals surface area (Å²) in [5, 5.41) is 30.6. The van der Waals surface area contributed by atoms with Crippen molar-refractivity contribution in [2.24, 2.45) is 0 Å². The molecule has 0 heterocycles. The Labute approximate surface area is 125 Å². The van der Waals surface area contributed by atoms with E-state index in [1.54, 1.807) is 6.07 Å². The molecule has 2 rings (SSSR count). The molecule has 108 valence electrons. The maximum Gasteiger partial charge on any atom is 0.270 e. The van der Waals surface area contributed by atoms with Crippen molar-refractivity contribution in [2.75, 3.05) is 0 Å². The summed E-state index contributed by atoms with van der Waals surface area (Å²) in [7, 11) is 0. The first kappa shape index (κ1) is 14.9. The van der Waals surface area contributed by atoms with Gasteiger partial charge in [-0.2, -0.15) is 5.26 Å². The van der Waals surface area contributed by atoms with Gasteiger partial charge in [-0.05, 0) is 29.3 Å². The van der Waals surface area contributed by atoms with Crippen LogP contribution in [0.5, 0.6) is 0 Å². The van der Waals surface area contributed by atoms with Crippen LogP contribution in [0.25, 0.3) is 11.6 Å². The highest BCUT2D eigenvalue weighted by Gasteiger charge is 2.09. The molecular formula is C15H9N3O4. The van der Waals surface area contributed by atoms with Crippen LogP contribution in [0.1, 0.15) is 11.1 Å². The van der Waals surface area contributed by atoms with E-state index in [2.05, 4.69) is 0 Å². The number of nitro benzene ring substituents is 2. The third kappa shape index (κ3) is 3.32. The van der Waals surface area contributed by atoms with Gasteiger partial charge in [0.1, 0.15) is 0 Å². The molecule has 0 spiro atoms. The SMILES string of the molecule is N#C/C(=C/c1ccc([N+](=O)[O-])cc1)c1cccc([N+](=O)[O-])c1. The minimum absolute atomic E-state index is 0.0500. The van der Waals surface area contributed by atoms with E-state index in [4.69, 9.17) is 0 Å². The Balaban J connectivity index is 2.39. The predicted octanol–water partition coefficient (Wildman–Crippen LogP) is 3.57. The minimum Gasteiger partial charge on any atom is -0.258 e. The van der Waals surface area contributed by atoms with Crippen LogP contribution in [0.15, 0.2) is 48.5 Å². The fourth-order valence-electron chi connectivity index (χ4n) is 1.83. The molecule has 0 atom stereocenters. The molecule has 0 N–H and O–H groups in total. The molecule has 0 radical (unpaired) electrons. The van der Waals surface area contributed by atoms with Gasteiger partial charge in [-0.15, -0.1) is 0 Å². The smallest absolute Gasteiger partial charge is 0.258 e. The normalized spacial score (nSPS) is 10.8. The summed E-state index contributed by atoms with van der Waals surface area (Å²) in [5.74, 6) is 0. The molecule has 0 aliphatic heterocycles. The first-order valence-electron chi connectivity index (χ1n) is 6.12. The molecule has 0 aliphatic carbocycles. The second-order valence-electron chi connectivity index (χ2n) is 4.33. The number of hydrogen-bond acceptors (Lipinski definition) is 5. The van der Waals surface area contributed by atoms with Crippen molar-refractivity contribution >= 4 is 23.0 Å². The summed E-state index contributed by atoms with van der Waals surface area (Å²) in [6.07, 6.45) is 1.52. The number of hydrogen-bond donors (Lipinski definition) is 0. The molecule has 0 saturated carbocycles. The van der Waals surface area contributed by atoms with Crippen LogP contribution in [0.2, 0.25) is 0 Å². The molecule has 0 aliphatic rings. The molecular weight excluding hydrogens is 286 g/mol. The number of nitriles is 1. The quantitative estimate of drug-likeness (QED) is 0.370. The van der Waals surface area contributed by atoms with Crippen molar-refractivity contribution in [2.45, 2.75) is 0 Å². The van der Waals surface area contributed by atoms with Crippen LogP contribution in [0.4, 0.5) is 11.4 Å². The minimum atomic E-state index is -0.537. The van der Waals surface area contributed by atoms with Crippen LogP contribution in [-0.2, 0) is 0 Å². The van der Waals surface area contributed by atoms with Crippen molar-refractivity contribution in [3.8, 4) is 6.07 Å². The second-order valence-corrected chi connectivity index (χ2v) is 4.33. The van der Waals surface area contributed by atoms with Crippen molar-refractivity contribution in [3.05, 3.63) is 79.9 Å². The Hall–Kier alpha value is -3.53. The lowest BCUT2D eigenvalue weighted by Crippen LogP contribution is -1.90. The van der Waals surface area contributed by atoms with Gasteiger partial charge in [-0.25, -0.2) is 0 Å². The lowest BCUT2D eigenvalue weighted by atomic mass is 10.0. The van der Waals surface area contributed by atoms with E-state index >= 15 is 0 Å². The van der Waals surface area contributed by atoms with Crippen LogP contribution < -0.4 is 0 Å². The van der Waals surface area contributed by atoms with E-state index in [1.165, 1.54) is 48.5 Å². The summed E-state index contributed by atoms with van der Waals surface area (Å²) in [5.41, 5.74) is 1.08. The Morgan fingerprint density at radius 1 is 1.00 bits per heavy atom. The van der Waals surface area contributed by atoms with Gasteiger partial charge in [-0.1, -0.05) is 12.1 Å². The third-order valence-corrected chi connectivity index (χ3v) is 2.90. The molecule has 2 aromatic carbocycles.